The first-order valence-corrected chi connectivity index (χ1v) is 10.6. The van der Waals surface area contributed by atoms with Crippen LogP contribution in [0, 0.1) is 6.92 Å². The molecule has 0 aliphatic rings. The number of para-hydroxylation sites is 2. The molecule has 2 aromatic heterocycles. The first kappa shape index (κ1) is 18.5. The van der Waals surface area contributed by atoms with Crippen LogP contribution in [0.5, 0.6) is 0 Å². The van der Waals surface area contributed by atoms with E-state index in [1.165, 1.54) is 16.3 Å². The highest BCUT2D eigenvalue weighted by Crippen LogP contribution is 2.32. The van der Waals surface area contributed by atoms with Gasteiger partial charge in [0.25, 0.3) is 0 Å². The molecule has 0 spiro atoms. The number of benzene rings is 4. The van der Waals surface area contributed by atoms with Crippen molar-refractivity contribution in [1.82, 2.24) is 19.5 Å². The van der Waals surface area contributed by atoms with Gasteiger partial charge in [0.2, 0.25) is 5.95 Å². The summed E-state index contributed by atoms with van der Waals surface area (Å²) < 4.78 is 2.14. The molecule has 4 heteroatoms. The minimum absolute atomic E-state index is 0.617. The second-order valence-electron chi connectivity index (χ2n) is 7.88. The average Bonchev–Trinajstić information content (AvgIpc) is 3.19. The van der Waals surface area contributed by atoms with E-state index in [-0.39, 0.29) is 0 Å². The third-order valence-corrected chi connectivity index (χ3v) is 5.75. The fraction of sp³-hybridized carbons (Fsp3) is 0.0357. The number of fused-ring (bicyclic) bond motifs is 3. The summed E-state index contributed by atoms with van der Waals surface area (Å²) in [5.41, 5.74) is 5.29. The molecule has 2 heterocycles. The summed E-state index contributed by atoms with van der Waals surface area (Å²) in [6, 6.07) is 35.1. The molecule has 6 aromatic rings. The highest BCUT2D eigenvalue weighted by atomic mass is 15.2. The van der Waals surface area contributed by atoms with Crippen LogP contribution in [0.25, 0.3) is 50.5 Å². The summed E-state index contributed by atoms with van der Waals surface area (Å²) in [6.45, 7) is 2.08. The number of aryl methyl sites for hydroxylation is 1. The maximum absolute atomic E-state index is 4.94. The predicted molar refractivity (Wildman–Crippen MR) is 130 cm³/mol. The Balaban J connectivity index is 1.68. The minimum Gasteiger partial charge on any atom is -0.278 e. The Kier molecular flexibility index (Phi) is 4.29. The minimum atomic E-state index is 0.617. The van der Waals surface area contributed by atoms with Crippen molar-refractivity contribution in [1.29, 1.82) is 0 Å². The van der Waals surface area contributed by atoms with Gasteiger partial charge in [-0.1, -0.05) is 96.6 Å². The molecule has 0 fully saturated rings. The van der Waals surface area contributed by atoms with E-state index in [1.807, 2.05) is 30.3 Å². The number of hydrogen-bond donors (Lipinski definition) is 0. The van der Waals surface area contributed by atoms with Crippen LogP contribution in [0.15, 0.2) is 103 Å². The fourth-order valence-corrected chi connectivity index (χ4v) is 4.15. The third-order valence-electron chi connectivity index (χ3n) is 5.75. The third kappa shape index (κ3) is 3.05. The zero-order valence-electron chi connectivity index (χ0n) is 17.6. The van der Waals surface area contributed by atoms with E-state index >= 15 is 0 Å². The molecule has 4 aromatic carbocycles. The maximum Gasteiger partial charge on any atom is 0.238 e. The highest BCUT2D eigenvalue weighted by molar-refractivity contribution is 6.08. The van der Waals surface area contributed by atoms with Gasteiger partial charge in [0, 0.05) is 21.9 Å². The van der Waals surface area contributed by atoms with Crippen LogP contribution in [0.2, 0.25) is 0 Å². The largest absolute Gasteiger partial charge is 0.278 e. The molecular formula is C28H20N4. The van der Waals surface area contributed by atoms with E-state index < -0.39 is 0 Å². The van der Waals surface area contributed by atoms with Crippen LogP contribution in [0.1, 0.15) is 5.56 Å². The smallest absolute Gasteiger partial charge is 0.238 e. The van der Waals surface area contributed by atoms with Gasteiger partial charge in [-0.15, -0.1) is 0 Å². The standard InChI is InChI=1S/C28H20N4/c1-19-15-17-21(18-16-19)27-29-26(20-9-3-2-4-10-20)30-28(31-27)32-24-13-7-5-11-22(24)23-12-6-8-14-25(23)32/h2-18H,1H3. The van der Waals surface area contributed by atoms with Crippen molar-refractivity contribution in [2.75, 3.05) is 0 Å². The van der Waals surface area contributed by atoms with Gasteiger partial charge in [0.1, 0.15) is 0 Å². The van der Waals surface area contributed by atoms with Crippen molar-refractivity contribution in [3.05, 3.63) is 109 Å². The van der Waals surface area contributed by atoms with Gasteiger partial charge >= 0.3 is 0 Å². The lowest BCUT2D eigenvalue weighted by molar-refractivity contribution is 0.953. The summed E-state index contributed by atoms with van der Waals surface area (Å²) in [4.78, 5) is 14.7. The van der Waals surface area contributed by atoms with E-state index in [1.54, 1.807) is 0 Å². The molecule has 4 nitrogen and oxygen atoms in total. The molecule has 0 aliphatic heterocycles. The summed E-state index contributed by atoms with van der Waals surface area (Å²) >= 11 is 0. The molecule has 0 saturated carbocycles. The van der Waals surface area contributed by atoms with Gasteiger partial charge in [0.05, 0.1) is 11.0 Å². The lowest BCUT2D eigenvalue weighted by Crippen LogP contribution is -2.06. The second-order valence-corrected chi connectivity index (χ2v) is 7.88. The zero-order valence-corrected chi connectivity index (χ0v) is 17.6. The van der Waals surface area contributed by atoms with Crippen LogP contribution >= 0.6 is 0 Å². The SMILES string of the molecule is Cc1ccc(-c2nc(-c3ccccc3)nc(-n3c4ccccc4c4ccccc43)n2)cc1. The van der Waals surface area contributed by atoms with Gasteiger partial charge in [-0.25, -0.2) is 4.98 Å². The Hall–Kier alpha value is -4.31. The van der Waals surface area contributed by atoms with Gasteiger partial charge in [-0.3, -0.25) is 4.57 Å². The van der Waals surface area contributed by atoms with Crippen LogP contribution in [-0.4, -0.2) is 19.5 Å². The Bertz CT molecular complexity index is 1510. The molecule has 0 unspecified atom stereocenters. The monoisotopic (exact) mass is 412 g/mol. The number of hydrogen-bond acceptors (Lipinski definition) is 3. The van der Waals surface area contributed by atoms with Gasteiger partial charge < -0.3 is 0 Å². The molecule has 0 N–H and O–H groups in total. The fourth-order valence-electron chi connectivity index (χ4n) is 4.15. The van der Waals surface area contributed by atoms with E-state index in [9.17, 15) is 0 Å². The van der Waals surface area contributed by atoms with E-state index in [0.717, 1.165) is 22.2 Å². The van der Waals surface area contributed by atoms with Crippen LogP contribution in [0.4, 0.5) is 0 Å². The van der Waals surface area contributed by atoms with Gasteiger partial charge in [-0.2, -0.15) is 9.97 Å². The normalized spacial score (nSPS) is 11.3. The van der Waals surface area contributed by atoms with Crippen molar-refractivity contribution in [2.24, 2.45) is 0 Å². The Morgan fingerprint density at radius 1 is 0.500 bits per heavy atom. The number of aromatic nitrogens is 4. The second kappa shape index (κ2) is 7.43. The average molecular weight is 412 g/mol. The number of rotatable bonds is 3. The lowest BCUT2D eigenvalue weighted by atomic mass is 10.1. The molecule has 0 amide bonds. The summed E-state index contributed by atoms with van der Waals surface area (Å²) in [5, 5.41) is 2.36. The predicted octanol–water partition coefficient (Wildman–Crippen LogP) is 6.61. The van der Waals surface area contributed by atoms with Crippen molar-refractivity contribution in [2.45, 2.75) is 6.92 Å². The molecule has 6 rings (SSSR count). The summed E-state index contributed by atoms with van der Waals surface area (Å²) in [7, 11) is 0. The molecular weight excluding hydrogens is 392 g/mol. The van der Waals surface area contributed by atoms with E-state index in [4.69, 9.17) is 15.0 Å². The highest BCUT2D eigenvalue weighted by Gasteiger charge is 2.17. The van der Waals surface area contributed by atoms with E-state index in [0.29, 0.717) is 17.6 Å². The molecule has 0 aliphatic carbocycles. The Morgan fingerprint density at radius 2 is 1.00 bits per heavy atom. The van der Waals surface area contributed by atoms with Crippen LogP contribution < -0.4 is 0 Å². The summed E-state index contributed by atoms with van der Waals surface area (Å²) in [6.07, 6.45) is 0. The zero-order chi connectivity index (χ0) is 21.5. The van der Waals surface area contributed by atoms with Crippen molar-refractivity contribution < 1.29 is 0 Å². The molecule has 0 radical (unpaired) electrons. The Morgan fingerprint density at radius 3 is 1.59 bits per heavy atom. The van der Waals surface area contributed by atoms with Crippen molar-refractivity contribution >= 4 is 21.8 Å². The topological polar surface area (TPSA) is 43.6 Å². The van der Waals surface area contributed by atoms with Gasteiger partial charge in [0.15, 0.2) is 11.6 Å². The molecule has 0 bridgehead atoms. The van der Waals surface area contributed by atoms with Crippen LogP contribution in [-0.2, 0) is 0 Å². The molecule has 32 heavy (non-hydrogen) atoms. The first-order valence-electron chi connectivity index (χ1n) is 10.6. The molecule has 0 atom stereocenters. The molecule has 0 saturated heterocycles. The van der Waals surface area contributed by atoms with Gasteiger partial charge in [-0.05, 0) is 19.1 Å². The maximum atomic E-state index is 4.94. The number of nitrogens with zero attached hydrogens (tertiary/aromatic N) is 4. The van der Waals surface area contributed by atoms with Crippen LogP contribution in [0.3, 0.4) is 0 Å². The quantitative estimate of drug-likeness (QED) is 0.328. The van der Waals surface area contributed by atoms with Crippen molar-refractivity contribution in [3.8, 4) is 28.7 Å². The first-order chi connectivity index (χ1) is 15.8. The summed E-state index contributed by atoms with van der Waals surface area (Å²) in [5.74, 6) is 1.94. The van der Waals surface area contributed by atoms with Crippen molar-refractivity contribution in [3.63, 3.8) is 0 Å². The van der Waals surface area contributed by atoms with E-state index in [2.05, 4.69) is 84.3 Å². The molecule has 152 valence electrons. The Labute approximate surface area is 185 Å². The lowest BCUT2D eigenvalue weighted by Gasteiger charge is -2.11.